The second-order valence-electron chi connectivity index (χ2n) is 11.5. The van der Waals surface area contributed by atoms with E-state index in [1.807, 2.05) is 41.8 Å². The molecule has 0 rings (SSSR count). The van der Waals surface area contributed by atoms with Crippen molar-refractivity contribution in [3.8, 4) is 0 Å². The second kappa shape index (κ2) is 12.6. The molecule has 0 aliphatic carbocycles. The van der Waals surface area contributed by atoms with Crippen LogP contribution in [0.1, 0.15) is 34.1 Å². The summed E-state index contributed by atoms with van der Waals surface area (Å²) in [5.41, 5.74) is -0.355. The fraction of sp³-hybridized carbons (Fsp3) is 0.909. The van der Waals surface area contributed by atoms with Crippen molar-refractivity contribution in [2.75, 3.05) is 89.2 Å². The van der Waals surface area contributed by atoms with Gasteiger partial charge in [-0.2, -0.15) is 0 Å². The van der Waals surface area contributed by atoms with Gasteiger partial charge in [-0.15, -0.1) is 0 Å². The smallest absolute Gasteiger partial charge is 0.275 e. The fourth-order valence-corrected chi connectivity index (χ4v) is 2.71. The highest BCUT2D eigenvalue weighted by molar-refractivity contribution is 5.81. The molecule has 3 N–H and O–H groups in total. The molecule has 30 heavy (non-hydrogen) atoms. The van der Waals surface area contributed by atoms with Gasteiger partial charge in [-0.25, -0.2) is 0 Å². The van der Waals surface area contributed by atoms with E-state index in [1.165, 1.54) is 0 Å². The summed E-state index contributed by atoms with van der Waals surface area (Å²) in [5, 5.41) is 15.4. The molecule has 8 nitrogen and oxygen atoms in total. The third-order valence-corrected chi connectivity index (χ3v) is 4.63. The van der Waals surface area contributed by atoms with Crippen LogP contribution in [0.3, 0.4) is 0 Å². The molecule has 0 spiro atoms. The van der Waals surface area contributed by atoms with Crippen molar-refractivity contribution in [1.29, 1.82) is 0 Å². The van der Waals surface area contributed by atoms with E-state index in [0.717, 1.165) is 28.5 Å². The minimum atomic E-state index is -0.355. The number of quaternary nitrogens is 3. The summed E-state index contributed by atoms with van der Waals surface area (Å²) in [7, 11) is 16.4. The molecule has 180 valence electrons. The summed E-state index contributed by atoms with van der Waals surface area (Å²) in [5.74, 6) is 0.0404. The predicted octanol–water partition coefficient (Wildman–Crippen LogP) is 0.469. The van der Waals surface area contributed by atoms with Crippen LogP contribution in [0.2, 0.25) is 0 Å². The normalized spacial score (nSPS) is 12.9. The molecule has 0 aromatic rings. The SMILES string of the molecule is CCNC(=O)C[N+](C)(C)CNC(=O)C(C)(C)CC.C[N+](C)(C)CC(O)C[N+](C)(C)C. The zero-order valence-electron chi connectivity index (χ0n) is 21.9. The lowest BCUT2D eigenvalue weighted by Gasteiger charge is -2.31. The van der Waals surface area contributed by atoms with Crippen LogP contribution in [0.4, 0.5) is 0 Å². The van der Waals surface area contributed by atoms with Crippen LogP contribution in [0.15, 0.2) is 0 Å². The molecule has 8 heteroatoms. The van der Waals surface area contributed by atoms with Crippen molar-refractivity contribution in [1.82, 2.24) is 10.6 Å². The van der Waals surface area contributed by atoms with E-state index in [2.05, 4.69) is 52.9 Å². The number of aliphatic hydroxyl groups excluding tert-OH is 1. The quantitative estimate of drug-likeness (QED) is 0.327. The number of nitrogens with zero attached hydrogens (tertiary/aromatic N) is 3. The molecule has 0 fully saturated rings. The highest BCUT2D eigenvalue weighted by Gasteiger charge is 2.28. The van der Waals surface area contributed by atoms with E-state index in [1.54, 1.807) is 0 Å². The Kier molecular flexibility index (Phi) is 13.0. The van der Waals surface area contributed by atoms with Gasteiger partial charge in [0.05, 0.1) is 56.4 Å². The molecule has 0 bridgehead atoms. The molecule has 0 saturated heterocycles. The van der Waals surface area contributed by atoms with E-state index in [9.17, 15) is 14.7 Å². The van der Waals surface area contributed by atoms with Crippen molar-refractivity contribution in [3.63, 3.8) is 0 Å². The number of carbonyl (C=O) groups is 2. The third kappa shape index (κ3) is 17.6. The number of likely N-dealkylation sites (N-methyl/N-ethyl adjacent to an activating group) is 4. The molecule has 0 aromatic carbocycles. The Bertz CT molecular complexity index is 504. The van der Waals surface area contributed by atoms with E-state index >= 15 is 0 Å². The van der Waals surface area contributed by atoms with Crippen molar-refractivity contribution in [3.05, 3.63) is 0 Å². The van der Waals surface area contributed by atoms with Crippen LogP contribution in [0.25, 0.3) is 0 Å². The van der Waals surface area contributed by atoms with E-state index in [4.69, 9.17) is 0 Å². The Morgan fingerprint density at radius 3 is 1.63 bits per heavy atom. The van der Waals surface area contributed by atoms with Crippen LogP contribution in [0, 0.1) is 5.41 Å². The monoisotopic (exact) mass is 434 g/mol. The van der Waals surface area contributed by atoms with E-state index in [-0.39, 0.29) is 23.3 Å². The highest BCUT2D eigenvalue weighted by Crippen LogP contribution is 2.19. The van der Waals surface area contributed by atoms with Gasteiger partial charge in [-0.3, -0.25) is 9.59 Å². The number of hydrogen-bond donors (Lipinski definition) is 3. The maximum absolute atomic E-state index is 11.9. The lowest BCUT2D eigenvalue weighted by molar-refractivity contribution is -0.895. The molecule has 0 aromatic heterocycles. The first-order chi connectivity index (χ1) is 13.2. The summed E-state index contributed by atoms with van der Waals surface area (Å²) in [6.07, 6.45) is 0.591. The Labute approximate surface area is 186 Å². The van der Waals surface area contributed by atoms with E-state index in [0.29, 0.717) is 24.2 Å². The van der Waals surface area contributed by atoms with Crippen LogP contribution < -0.4 is 10.6 Å². The number of nitrogens with one attached hydrogen (secondary N) is 2. The Hall–Kier alpha value is -1.22. The predicted molar refractivity (Wildman–Crippen MR) is 125 cm³/mol. The molecule has 0 radical (unpaired) electrons. The van der Waals surface area contributed by atoms with Gasteiger partial charge in [-0.1, -0.05) is 20.8 Å². The zero-order valence-corrected chi connectivity index (χ0v) is 21.9. The number of rotatable bonds is 11. The summed E-state index contributed by atoms with van der Waals surface area (Å²) < 4.78 is 2.08. The minimum absolute atomic E-state index is 0.00602. The number of aliphatic hydroxyl groups is 1. The summed E-state index contributed by atoms with van der Waals surface area (Å²) in [6, 6.07) is 0. The van der Waals surface area contributed by atoms with E-state index < -0.39 is 0 Å². The summed E-state index contributed by atoms with van der Waals surface area (Å²) in [6.45, 7) is 10.8. The lowest BCUT2D eigenvalue weighted by Crippen LogP contribution is -2.54. The Morgan fingerprint density at radius 2 is 1.30 bits per heavy atom. The zero-order chi connectivity index (χ0) is 24.4. The maximum atomic E-state index is 11.9. The number of hydrogen-bond acceptors (Lipinski definition) is 3. The molecule has 0 unspecified atom stereocenters. The molecule has 0 aliphatic heterocycles. The average Bonchev–Trinajstić information content (AvgIpc) is 2.49. The first kappa shape index (κ1) is 31.0. The van der Waals surface area contributed by atoms with Crippen molar-refractivity contribution in [2.45, 2.75) is 40.2 Å². The first-order valence-electron chi connectivity index (χ1n) is 10.9. The lowest BCUT2D eigenvalue weighted by atomic mass is 9.89. The maximum Gasteiger partial charge on any atom is 0.275 e. The number of amides is 2. The fourth-order valence-electron chi connectivity index (χ4n) is 2.71. The van der Waals surface area contributed by atoms with Gasteiger partial charge in [0.25, 0.3) is 5.91 Å². The highest BCUT2D eigenvalue weighted by atomic mass is 16.3. The summed E-state index contributed by atoms with van der Waals surface area (Å²) >= 11 is 0. The van der Waals surface area contributed by atoms with Crippen LogP contribution in [-0.4, -0.2) is 126 Å². The van der Waals surface area contributed by atoms with Gasteiger partial charge < -0.3 is 29.2 Å². The molecule has 0 aliphatic rings. The van der Waals surface area contributed by atoms with Crippen molar-refractivity contribution < 1.29 is 28.1 Å². The van der Waals surface area contributed by atoms with Gasteiger partial charge in [0.15, 0.2) is 19.3 Å². The largest absolute Gasteiger partial charge is 0.382 e. The second-order valence-corrected chi connectivity index (χ2v) is 11.5. The van der Waals surface area contributed by atoms with Crippen molar-refractivity contribution in [2.24, 2.45) is 5.41 Å². The van der Waals surface area contributed by atoms with Crippen LogP contribution >= 0.6 is 0 Å². The average molecular weight is 435 g/mol. The van der Waals surface area contributed by atoms with Crippen LogP contribution in [0.5, 0.6) is 0 Å². The molecule has 0 atom stereocenters. The topological polar surface area (TPSA) is 78.4 Å². The minimum Gasteiger partial charge on any atom is -0.382 e. The van der Waals surface area contributed by atoms with Gasteiger partial charge in [0, 0.05) is 12.0 Å². The van der Waals surface area contributed by atoms with Crippen molar-refractivity contribution >= 4 is 11.8 Å². The molecule has 0 saturated carbocycles. The van der Waals surface area contributed by atoms with Crippen LogP contribution in [-0.2, 0) is 9.59 Å². The standard InChI is InChI=1S/C13H27N3O2.C9H24N2O/c1-7-13(3,4)12(18)15-10-16(5,6)9-11(17)14-8-2;1-10(2,3)7-9(12)8-11(4,5)6/h7-10H2,1-6H3,(H-,14,15,17,18);9,12H,7-8H2,1-6H3/q;+2/p+1. The third-order valence-electron chi connectivity index (χ3n) is 4.63. The molecular formula is C22H52N5O3+3. The van der Waals surface area contributed by atoms with Gasteiger partial charge >= 0.3 is 0 Å². The molecule has 2 amide bonds. The molecule has 0 heterocycles. The summed E-state index contributed by atoms with van der Waals surface area (Å²) in [4.78, 5) is 23.4. The van der Waals surface area contributed by atoms with Gasteiger partial charge in [0.1, 0.15) is 13.1 Å². The number of carbonyl (C=O) groups excluding carboxylic acids is 2. The Morgan fingerprint density at radius 1 is 0.867 bits per heavy atom. The van der Waals surface area contributed by atoms with Gasteiger partial charge in [-0.05, 0) is 13.3 Å². The Balaban J connectivity index is 0. The first-order valence-corrected chi connectivity index (χ1v) is 10.9. The van der Waals surface area contributed by atoms with Gasteiger partial charge in [0.2, 0.25) is 5.91 Å². The molecular weight excluding hydrogens is 382 g/mol.